The predicted octanol–water partition coefficient (Wildman–Crippen LogP) is 8.97. The van der Waals surface area contributed by atoms with E-state index in [1.807, 2.05) is 0 Å². The molecule has 1 aliphatic carbocycles. The highest BCUT2D eigenvalue weighted by atomic mass is 19.5. The third kappa shape index (κ3) is 7.44. The smallest absolute Gasteiger partial charge is 0.418 e. The molecule has 0 N–H and O–H groups in total. The summed E-state index contributed by atoms with van der Waals surface area (Å²) in [6.45, 7) is 10.5. The van der Waals surface area contributed by atoms with Crippen molar-refractivity contribution in [3.63, 3.8) is 0 Å². The van der Waals surface area contributed by atoms with E-state index in [1.165, 1.54) is 71.3 Å². The fourth-order valence-electron chi connectivity index (χ4n) is 5.11. The zero-order valence-corrected chi connectivity index (χ0v) is 22.0. The SMILES string of the molecule is CCCCCCC[n+]1c(C(C)(C)C)cc(-c2ccccc2)c2c1-c1ccccc1CC2.F[B-](F)(F)F. The Labute approximate surface area is 213 Å². The molecule has 0 spiro atoms. The Morgan fingerprint density at radius 2 is 1.39 bits per heavy atom. The molecule has 4 rings (SSSR count). The number of aromatic nitrogens is 1. The van der Waals surface area contributed by atoms with E-state index in [2.05, 4.69) is 92.9 Å². The molecule has 36 heavy (non-hydrogen) atoms. The lowest BCUT2D eigenvalue weighted by atomic mass is 9.81. The number of pyridine rings is 1. The molecule has 0 aliphatic heterocycles. The molecule has 1 aliphatic rings. The number of hydrogen-bond donors (Lipinski definition) is 0. The van der Waals surface area contributed by atoms with Gasteiger partial charge < -0.3 is 17.3 Å². The normalized spacial score (nSPS) is 12.9. The minimum Gasteiger partial charge on any atom is -0.418 e. The molecule has 0 bridgehead atoms. The van der Waals surface area contributed by atoms with E-state index in [0.29, 0.717) is 0 Å². The largest absolute Gasteiger partial charge is 0.673 e. The highest BCUT2D eigenvalue weighted by Gasteiger charge is 2.35. The lowest BCUT2D eigenvalue weighted by molar-refractivity contribution is -0.697. The maximum Gasteiger partial charge on any atom is 0.673 e. The van der Waals surface area contributed by atoms with Gasteiger partial charge in [-0.3, -0.25) is 0 Å². The maximum absolute atomic E-state index is 9.75. The number of unbranched alkanes of at least 4 members (excludes halogenated alkanes) is 4. The van der Waals surface area contributed by atoms with Crippen molar-refractivity contribution in [2.24, 2.45) is 0 Å². The number of halogens is 4. The van der Waals surface area contributed by atoms with Gasteiger partial charge in [0, 0.05) is 29.0 Å². The monoisotopic (exact) mass is 499 g/mol. The molecule has 1 heterocycles. The number of hydrogen-bond acceptors (Lipinski definition) is 0. The van der Waals surface area contributed by atoms with Gasteiger partial charge in [0.05, 0.1) is 0 Å². The summed E-state index contributed by atoms with van der Waals surface area (Å²) >= 11 is 0. The first-order chi connectivity index (χ1) is 17.0. The lowest BCUT2D eigenvalue weighted by Gasteiger charge is -2.26. The number of aryl methyl sites for hydroxylation is 1. The number of nitrogens with zero attached hydrogens (tertiary/aromatic N) is 1. The summed E-state index contributed by atoms with van der Waals surface area (Å²) in [7, 11) is -6.00. The minimum absolute atomic E-state index is 0.0916. The van der Waals surface area contributed by atoms with Crippen LogP contribution in [0.4, 0.5) is 17.3 Å². The second-order valence-corrected chi connectivity index (χ2v) is 10.6. The minimum atomic E-state index is -6.00. The number of fused-ring (bicyclic) bond motifs is 3. The fourth-order valence-corrected chi connectivity index (χ4v) is 5.11. The van der Waals surface area contributed by atoms with E-state index in [4.69, 9.17) is 0 Å². The van der Waals surface area contributed by atoms with Gasteiger partial charge in [-0.05, 0) is 42.0 Å². The Hall–Kier alpha value is -2.63. The Bertz CT molecular complexity index is 1130. The highest BCUT2D eigenvalue weighted by molar-refractivity contribution is 6.50. The second-order valence-electron chi connectivity index (χ2n) is 10.6. The summed E-state index contributed by atoms with van der Waals surface area (Å²) in [4.78, 5) is 0. The molecule has 0 saturated carbocycles. The zero-order valence-electron chi connectivity index (χ0n) is 22.0. The first-order valence-corrected chi connectivity index (χ1v) is 13.1. The highest BCUT2D eigenvalue weighted by Crippen LogP contribution is 2.39. The summed E-state index contributed by atoms with van der Waals surface area (Å²) in [5.74, 6) is 0. The van der Waals surface area contributed by atoms with Crippen LogP contribution in [0.5, 0.6) is 0 Å². The Morgan fingerprint density at radius 1 is 0.778 bits per heavy atom. The third-order valence-corrected chi connectivity index (χ3v) is 6.71. The van der Waals surface area contributed by atoms with Crippen LogP contribution in [-0.4, -0.2) is 7.25 Å². The Kier molecular flexibility index (Phi) is 9.38. The molecule has 0 amide bonds. The van der Waals surface area contributed by atoms with Crippen LogP contribution in [0.25, 0.3) is 22.4 Å². The second kappa shape index (κ2) is 12.1. The number of benzene rings is 2. The van der Waals surface area contributed by atoms with E-state index >= 15 is 0 Å². The topological polar surface area (TPSA) is 3.88 Å². The van der Waals surface area contributed by atoms with Gasteiger partial charge in [-0.25, -0.2) is 0 Å². The van der Waals surface area contributed by atoms with Gasteiger partial charge in [0.1, 0.15) is 6.54 Å². The summed E-state index contributed by atoms with van der Waals surface area (Å²) in [6.07, 6.45) is 8.84. The van der Waals surface area contributed by atoms with Crippen molar-refractivity contribution in [3.05, 3.63) is 77.5 Å². The van der Waals surface area contributed by atoms with Crippen molar-refractivity contribution in [1.82, 2.24) is 0 Å². The van der Waals surface area contributed by atoms with Crippen LogP contribution in [0.3, 0.4) is 0 Å². The number of rotatable bonds is 7. The van der Waals surface area contributed by atoms with Gasteiger partial charge in [-0.15, -0.1) is 0 Å². The van der Waals surface area contributed by atoms with Crippen molar-refractivity contribution in [2.45, 2.75) is 84.6 Å². The van der Waals surface area contributed by atoms with Crippen LogP contribution in [0, 0.1) is 0 Å². The molecule has 0 fully saturated rings. The predicted molar refractivity (Wildman–Crippen MR) is 143 cm³/mol. The van der Waals surface area contributed by atoms with Gasteiger partial charge in [-0.1, -0.05) is 95.5 Å². The zero-order chi connectivity index (χ0) is 26.3. The van der Waals surface area contributed by atoms with Crippen LogP contribution in [0.15, 0.2) is 60.7 Å². The molecular formula is C30H38BF4N. The van der Waals surface area contributed by atoms with E-state index in [0.717, 1.165) is 19.4 Å². The van der Waals surface area contributed by atoms with Gasteiger partial charge in [-0.2, -0.15) is 4.57 Å². The summed E-state index contributed by atoms with van der Waals surface area (Å²) in [6, 6.07) is 22.6. The Morgan fingerprint density at radius 3 is 2.03 bits per heavy atom. The maximum atomic E-state index is 9.75. The first-order valence-electron chi connectivity index (χ1n) is 13.1. The average molecular weight is 499 g/mol. The van der Waals surface area contributed by atoms with Crippen LogP contribution in [-0.2, 0) is 24.8 Å². The molecule has 0 unspecified atom stereocenters. The van der Waals surface area contributed by atoms with E-state index in [1.54, 1.807) is 0 Å². The van der Waals surface area contributed by atoms with E-state index in [-0.39, 0.29) is 5.41 Å². The van der Waals surface area contributed by atoms with E-state index in [9.17, 15) is 17.3 Å². The fraction of sp³-hybridized carbons (Fsp3) is 0.433. The summed E-state index contributed by atoms with van der Waals surface area (Å²) < 4.78 is 41.7. The standard InChI is InChI=1S/C30H38N.BF4/c1-5-6-7-8-14-21-31-28(30(2,3)4)22-27(23-15-10-9-11-16-23)26-20-19-24-17-12-13-18-25(24)29(26)31;2-1(3,4)5/h9-13,15-18,22H,5-8,14,19-21H2,1-4H3;/q+1;-1. The van der Waals surface area contributed by atoms with Crippen molar-refractivity contribution >= 4 is 7.25 Å². The van der Waals surface area contributed by atoms with Crippen molar-refractivity contribution < 1.29 is 21.8 Å². The summed E-state index contributed by atoms with van der Waals surface area (Å²) in [5.41, 5.74) is 10.3. The summed E-state index contributed by atoms with van der Waals surface area (Å²) in [5, 5.41) is 0. The quantitative estimate of drug-likeness (QED) is 0.132. The van der Waals surface area contributed by atoms with Gasteiger partial charge in [0.2, 0.25) is 5.69 Å². The molecule has 6 heteroatoms. The average Bonchev–Trinajstić information content (AvgIpc) is 2.82. The van der Waals surface area contributed by atoms with Crippen LogP contribution in [0.1, 0.15) is 76.6 Å². The van der Waals surface area contributed by atoms with Crippen LogP contribution in [0.2, 0.25) is 0 Å². The first kappa shape index (κ1) is 28.0. The van der Waals surface area contributed by atoms with Crippen LogP contribution >= 0.6 is 0 Å². The third-order valence-electron chi connectivity index (χ3n) is 6.71. The van der Waals surface area contributed by atoms with Gasteiger partial charge in [0.25, 0.3) is 0 Å². The Balaban J connectivity index is 0.000000658. The lowest BCUT2D eigenvalue weighted by Crippen LogP contribution is -2.47. The molecule has 0 radical (unpaired) electrons. The van der Waals surface area contributed by atoms with E-state index < -0.39 is 7.25 Å². The molecule has 0 saturated heterocycles. The van der Waals surface area contributed by atoms with Crippen molar-refractivity contribution in [3.8, 4) is 22.4 Å². The molecule has 1 aromatic heterocycles. The van der Waals surface area contributed by atoms with Gasteiger partial charge in [0.15, 0.2) is 5.69 Å². The van der Waals surface area contributed by atoms with Crippen molar-refractivity contribution in [2.75, 3.05) is 0 Å². The molecule has 2 aromatic carbocycles. The molecule has 194 valence electrons. The molecule has 1 nitrogen and oxygen atoms in total. The van der Waals surface area contributed by atoms with Crippen LogP contribution < -0.4 is 4.57 Å². The molecule has 3 aromatic rings. The molecular weight excluding hydrogens is 461 g/mol. The molecule has 0 atom stereocenters. The van der Waals surface area contributed by atoms with Gasteiger partial charge >= 0.3 is 7.25 Å². The van der Waals surface area contributed by atoms with Crippen molar-refractivity contribution in [1.29, 1.82) is 0 Å².